The fourth-order valence-corrected chi connectivity index (χ4v) is 2.19. The average Bonchev–Trinajstić information content (AvgIpc) is 2.35. The molecule has 18 heavy (non-hydrogen) atoms. The van der Waals surface area contributed by atoms with Crippen LogP contribution in [0.3, 0.4) is 0 Å². The van der Waals surface area contributed by atoms with Crippen LogP contribution in [-0.4, -0.2) is 37.0 Å². The second kappa shape index (κ2) is 20.1. The molecule has 0 saturated heterocycles. The standard InChI is InChI=1S/C16H35N.Sn/c1-3-5-7-9-11-13-15-17-16-14-12-10-8-6-4-2;/h17H,3-16H2,1-2H3;. The van der Waals surface area contributed by atoms with Gasteiger partial charge in [0.15, 0.2) is 0 Å². The minimum Gasteiger partial charge on any atom is -0.317 e. The maximum absolute atomic E-state index is 3.57. The summed E-state index contributed by atoms with van der Waals surface area (Å²) in [5, 5.41) is 3.57. The minimum atomic E-state index is 0. The molecule has 1 N–H and O–H groups in total. The molecule has 0 aromatic carbocycles. The molecule has 0 aliphatic rings. The van der Waals surface area contributed by atoms with Crippen LogP contribution in [0.2, 0.25) is 0 Å². The fraction of sp³-hybridized carbons (Fsp3) is 1.00. The summed E-state index contributed by atoms with van der Waals surface area (Å²) in [6.45, 7) is 7.03. The van der Waals surface area contributed by atoms with Crippen molar-refractivity contribution in [3.05, 3.63) is 0 Å². The molecule has 4 radical (unpaired) electrons. The molecular weight excluding hydrogens is 325 g/mol. The Bertz CT molecular complexity index is 114. The monoisotopic (exact) mass is 361 g/mol. The molecule has 0 fully saturated rings. The van der Waals surface area contributed by atoms with Crippen molar-refractivity contribution in [2.45, 2.75) is 90.9 Å². The molecule has 0 unspecified atom stereocenters. The van der Waals surface area contributed by atoms with Gasteiger partial charge in [-0.2, -0.15) is 0 Å². The van der Waals surface area contributed by atoms with E-state index in [1.165, 1.54) is 90.1 Å². The summed E-state index contributed by atoms with van der Waals surface area (Å²) in [4.78, 5) is 0. The molecule has 2 heteroatoms. The van der Waals surface area contributed by atoms with E-state index in [9.17, 15) is 0 Å². The predicted octanol–water partition coefficient (Wildman–Crippen LogP) is 4.92. The molecule has 0 heterocycles. The zero-order chi connectivity index (χ0) is 12.6. The van der Waals surface area contributed by atoms with Crippen LogP contribution in [0.5, 0.6) is 0 Å². The van der Waals surface area contributed by atoms with Gasteiger partial charge >= 0.3 is 0 Å². The van der Waals surface area contributed by atoms with Gasteiger partial charge in [-0.25, -0.2) is 0 Å². The van der Waals surface area contributed by atoms with Crippen molar-refractivity contribution in [2.24, 2.45) is 0 Å². The van der Waals surface area contributed by atoms with Crippen molar-refractivity contribution in [3.8, 4) is 0 Å². The van der Waals surface area contributed by atoms with Gasteiger partial charge in [-0.1, -0.05) is 78.1 Å². The zero-order valence-electron chi connectivity index (χ0n) is 12.9. The number of rotatable bonds is 14. The Morgan fingerprint density at radius 2 is 0.833 bits per heavy atom. The van der Waals surface area contributed by atoms with E-state index < -0.39 is 0 Å². The minimum absolute atomic E-state index is 0. The molecule has 0 aliphatic carbocycles. The summed E-state index contributed by atoms with van der Waals surface area (Å²) in [7, 11) is 0. The van der Waals surface area contributed by atoms with Gasteiger partial charge in [-0.3, -0.25) is 0 Å². The van der Waals surface area contributed by atoms with Crippen molar-refractivity contribution in [1.82, 2.24) is 5.32 Å². The summed E-state index contributed by atoms with van der Waals surface area (Å²) in [5.74, 6) is 0. The molecule has 0 aliphatic heterocycles. The van der Waals surface area contributed by atoms with Gasteiger partial charge in [0, 0.05) is 23.9 Å². The number of unbranched alkanes of at least 4 members (excludes halogenated alkanes) is 10. The number of hydrogen-bond acceptors (Lipinski definition) is 1. The van der Waals surface area contributed by atoms with Crippen LogP contribution in [0.1, 0.15) is 90.9 Å². The number of hydrogen-bond donors (Lipinski definition) is 1. The topological polar surface area (TPSA) is 12.0 Å². The first-order chi connectivity index (χ1) is 8.41. The third-order valence-electron chi connectivity index (χ3n) is 3.41. The smallest absolute Gasteiger partial charge is 0 e. The SMILES string of the molecule is CCCCCCCCNCCCCCCCC.[Sn]. The summed E-state index contributed by atoms with van der Waals surface area (Å²) in [5.41, 5.74) is 0. The second-order valence-electron chi connectivity index (χ2n) is 5.29. The Kier molecular flexibility index (Phi) is 23.5. The molecule has 0 amide bonds. The zero-order valence-corrected chi connectivity index (χ0v) is 15.8. The maximum atomic E-state index is 3.57. The molecule has 0 rings (SSSR count). The van der Waals surface area contributed by atoms with E-state index >= 15 is 0 Å². The van der Waals surface area contributed by atoms with Crippen molar-refractivity contribution in [3.63, 3.8) is 0 Å². The van der Waals surface area contributed by atoms with E-state index in [4.69, 9.17) is 0 Å². The first-order valence-corrected chi connectivity index (χ1v) is 8.12. The van der Waals surface area contributed by atoms with Crippen LogP contribution in [-0.2, 0) is 0 Å². The van der Waals surface area contributed by atoms with Crippen molar-refractivity contribution in [1.29, 1.82) is 0 Å². The normalized spacial score (nSPS) is 10.3. The predicted molar refractivity (Wildman–Crippen MR) is 85.4 cm³/mol. The van der Waals surface area contributed by atoms with E-state index in [1.807, 2.05) is 0 Å². The van der Waals surface area contributed by atoms with Crippen LogP contribution in [0.4, 0.5) is 0 Å². The van der Waals surface area contributed by atoms with Crippen LogP contribution in [0.25, 0.3) is 0 Å². The molecule has 1 nitrogen and oxygen atoms in total. The van der Waals surface area contributed by atoms with Gasteiger partial charge in [-0.05, 0) is 25.9 Å². The quantitative estimate of drug-likeness (QED) is 0.343. The van der Waals surface area contributed by atoms with E-state index in [0.717, 1.165) is 0 Å². The third-order valence-corrected chi connectivity index (χ3v) is 3.41. The van der Waals surface area contributed by atoms with E-state index in [-0.39, 0.29) is 23.9 Å². The first-order valence-electron chi connectivity index (χ1n) is 8.12. The van der Waals surface area contributed by atoms with Gasteiger partial charge in [0.1, 0.15) is 0 Å². The largest absolute Gasteiger partial charge is 0.317 e. The van der Waals surface area contributed by atoms with E-state index in [2.05, 4.69) is 19.2 Å². The van der Waals surface area contributed by atoms with Gasteiger partial charge in [0.2, 0.25) is 0 Å². The summed E-state index contributed by atoms with van der Waals surface area (Å²) >= 11 is 0. The summed E-state index contributed by atoms with van der Waals surface area (Å²) in [6, 6.07) is 0. The van der Waals surface area contributed by atoms with Gasteiger partial charge in [0.25, 0.3) is 0 Å². The molecule has 0 aromatic heterocycles. The fourth-order valence-electron chi connectivity index (χ4n) is 2.19. The maximum Gasteiger partial charge on any atom is 0 e. The molecule has 0 aromatic rings. The summed E-state index contributed by atoms with van der Waals surface area (Å²) in [6.07, 6.45) is 16.9. The Hall–Kier alpha value is 0.759. The first kappa shape index (κ1) is 21.1. The Labute approximate surface area is 133 Å². The Morgan fingerprint density at radius 1 is 0.500 bits per heavy atom. The Balaban J connectivity index is 0. The van der Waals surface area contributed by atoms with Gasteiger partial charge in [-0.15, -0.1) is 0 Å². The molecule has 0 bridgehead atoms. The summed E-state index contributed by atoms with van der Waals surface area (Å²) < 4.78 is 0. The molecule has 108 valence electrons. The molecule has 0 spiro atoms. The van der Waals surface area contributed by atoms with Crippen LogP contribution in [0.15, 0.2) is 0 Å². The van der Waals surface area contributed by atoms with E-state index in [1.54, 1.807) is 0 Å². The van der Waals surface area contributed by atoms with Crippen LogP contribution >= 0.6 is 0 Å². The van der Waals surface area contributed by atoms with Gasteiger partial charge in [0.05, 0.1) is 0 Å². The Morgan fingerprint density at radius 3 is 1.22 bits per heavy atom. The molecule has 0 atom stereocenters. The van der Waals surface area contributed by atoms with Crippen molar-refractivity contribution in [2.75, 3.05) is 13.1 Å². The number of nitrogens with one attached hydrogen (secondary N) is 1. The van der Waals surface area contributed by atoms with Gasteiger partial charge < -0.3 is 5.32 Å². The molecular formula is C16H35NSn. The van der Waals surface area contributed by atoms with Crippen molar-refractivity contribution < 1.29 is 0 Å². The van der Waals surface area contributed by atoms with Crippen LogP contribution in [0, 0.1) is 0 Å². The van der Waals surface area contributed by atoms with Crippen LogP contribution < -0.4 is 5.32 Å². The third kappa shape index (κ3) is 19.1. The van der Waals surface area contributed by atoms with Crippen molar-refractivity contribution >= 4 is 23.9 Å². The second-order valence-corrected chi connectivity index (χ2v) is 5.29. The molecule has 0 saturated carbocycles. The van der Waals surface area contributed by atoms with E-state index in [0.29, 0.717) is 0 Å². The average molecular weight is 360 g/mol.